The van der Waals surface area contributed by atoms with Crippen LogP contribution in [0.3, 0.4) is 0 Å². The monoisotopic (exact) mass is 176 g/mol. The third kappa shape index (κ3) is 1.42. The van der Waals surface area contributed by atoms with Gasteiger partial charge in [0.1, 0.15) is 5.82 Å². The first kappa shape index (κ1) is 8.26. The molecule has 2 aromatic heterocycles. The summed E-state index contributed by atoms with van der Waals surface area (Å²) in [4.78, 5) is 4.23. The standard InChI is InChI=1S/C10H12N2O/c1-8-2-4-12-9(6-8)7-11-10(12)3-5-13/h2,4,6-7,13H,3,5H2,1H3. The summed E-state index contributed by atoms with van der Waals surface area (Å²) in [6, 6.07) is 4.11. The van der Waals surface area contributed by atoms with E-state index in [1.54, 1.807) is 0 Å². The number of pyridine rings is 1. The quantitative estimate of drug-likeness (QED) is 0.746. The van der Waals surface area contributed by atoms with Gasteiger partial charge in [-0.3, -0.25) is 0 Å². The molecule has 0 aliphatic heterocycles. The summed E-state index contributed by atoms with van der Waals surface area (Å²) in [6.45, 7) is 2.20. The fraction of sp³-hybridized carbons (Fsp3) is 0.300. The second-order valence-electron chi connectivity index (χ2n) is 3.15. The van der Waals surface area contributed by atoms with E-state index in [2.05, 4.69) is 18.0 Å². The van der Waals surface area contributed by atoms with Crippen LogP contribution in [0.5, 0.6) is 0 Å². The van der Waals surface area contributed by atoms with Crippen molar-refractivity contribution in [1.29, 1.82) is 0 Å². The lowest BCUT2D eigenvalue weighted by Crippen LogP contribution is -1.97. The fourth-order valence-electron chi connectivity index (χ4n) is 1.45. The first-order valence-corrected chi connectivity index (χ1v) is 4.35. The Hall–Kier alpha value is -1.35. The molecule has 3 nitrogen and oxygen atoms in total. The van der Waals surface area contributed by atoms with Crippen LogP contribution in [0.2, 0.25) is 0 Å². The maximum atomic E-state index is 8.80. The number of nitrogens with zero attached hydrogens (tertiary/aromatic N) is 2. The Labute approximate surface area is 76.7 Å². The van der Waals surface area contributed by atoms with Gasteiger partial charge in [-0.2, -0.15) is 0 Å². The van der Waals surface area contributed by atoms with Gasteiger partial charge in [-0.05, 0) is 24.6 Å². The zero-order valence-corrected chi connectivity index (χ0v) is 7.57. The van der Waals surface area contributed by atoms with Gasteiger partial charge in [0, 0.05) is 12.6 Å². The number of fused-ring (bicyclic) bond motifs is 1. The Morgan fingerprint density at radius 3 is 3.15 bits per heavy atom. The second kappa shape index (κ2) is 3.18. The van der Waals surface area contributed by atoms with Crippen LogP contribution >= 0.6 is 0 Å². The van der Waals surface area contributed by atoms with Crippen molar-refractivity contribution in [3.8, 4) is 0 Å². The summed E-state index contributed by atoms with van der Waals surface area (Å²) in [5.74, 6) is 0.914. The number of aromatic nitrogens is 2. The van der Waals surface area contributed by atoms with E-state index in [1.165, 1.54) is 5.56 Å². The van der Waals surface area contributed by atoms with Crippen LogP contribution in [0.25, 0.3) is 5.52 Å². The number of aliphatic hydroxyl groups is 1. The van der Waals surface area contributed by atoms with Gasteiger partial charge in [0.05, 0.1) is 18.3 Å². The summed E-state index contributed by atoms with van der Waals surface area (Å²) in [6.07, 6.45) is 4.43. The Morgan fingerprint density at radius 2 is 2.38 bits per heavy atom. The maximum absolute atomic E-state index is 8.80. The third-order valence-electron chi connectivity index (χ3n) is 2.10. The van der Waals surface area contributed by atoms with E-state index in [-0.39, 0.29) is 6.61 Å². The molecule has 13 heavy (non-hydrogen) atoms. The second-order valence-corrected chi connectivity index (χ2v) is 3.15. The highest BCUT2D eigenvalue weighted by Gasteiger charge is 2.01. The zero-order chi connectivity index (χ0) is 9.26. The van der Waals surface area contributed by atoms with Gasteiger partial charge < -0.3 is 9.51 Å². The van der Waals surface area contributed by atoms with E-state index in [4.69, 9.17) is 5.11 Å². The SMILES string of the molecule is Cc1ccn2c(CCO)ncc2c1. The number of hydrogen-bond acceptors (Lipinski definition) is 2. The molecule has 0 aliphatic carbocycles. The summed E-state index contributed by atoms with van der Waals surface area (Å²) in [5.41, 5.74) is 2.31. The van der Waals surface area contributed by atoms with Gasteiger partial charge in [0.2, 0.25) is 0 Å². The van der Waals surface area contributed by atoms with Crippen LogP contribution in [-0.4, -0.2) is 21.1 Å². The van der Waals surface area contributed by atoms with Crippen molar-refractivity contribution < 1.29 is 5.11 Å². The molecule has 2 heterocycles. The van der Waals surface area contributed by atoms with Crippen LogP contribution in [0, 0.1) is 6.92 Å². The molecule has 0 atom stereocenters. The molecule has 0 saturated heterocycles. The van der Waals surface area contributed by atoms with E-state index < -0.39 is 0 Å². The van der Waals surface area contributed by atoms with E-state index in [1.807, 2.05) is 22.9 Å². The van der Waals surface area contributed by atoms with Crippen molar-refractivity contribution >= 4 is 5.52 Å². The van der Waals surface area contributed by atoms with E-state index in [0.717, 1.165) is 11.3 Å². The van der Waals surface area contributed by atoms with Gasteiger partial charge in [-0.15, -0.1) is 0 Å². The minimum atomic E-state index is 0.146. The number of hydrogen-bond donors (Lipinski definition) is 1. The van der Waals surface area contributed by atoms with E-state index in [9.17, 15) is 0 Å². The first-order chi connectivity index (χ1) is 6.31. The lowest BCUT2D eigenvalue weighted by Gasteiger charge is -1.99. The van der Waals surface area contributed by atoms with Crippen molar-refractivity contribution in [2.75, 3.05) is 6.61 Å². The Bertz CT molecular complexity index is 420. The molecule has 0 aliphatic rings. The molecule has 2 rings (SSSR count). The molecule has 1 N–H and O–H groups in total. The molecule has 0 fully saturated rings. The average Bonchev–Trinajstić information content (AvgIpc) is 2.49. The van der Waals surface area contributed by atoms with Crippen LogP contribution in [0.1, 0.15) is 11.4 Å². The molecular formula is C10H12N2O. The highest BCUT2D eigenvalue weighted by atomic mass is 16.3. The molecule has 0 saturated carbocycles. The molecule has 0 radical (unpaired) electrons. The maximum Gasteiger partial charge on any atom is 0.115 e. The molecule has 3 heteroatoms. The van der Waals surface area contributed by atoms with Crippen molar-refractivity contribution in [1.82, 2.24) is 9.38 Å². The Balaban J connectivity index is 2.55. The molecule has 0 aromatic carbocycles. The van der Waals surface area contributed by atoms with Crippen LogP contribution in [0.15, 0.2) is 24.5 Å². The lowest BCUT2D eigenvalue weighted by molar-refractivity contribution is 0.296. The topological polar surface area (TPSA) is 37.5 Å². The van der Waals surface area contributed by atoms with Gasteiger partial charge >= 0.3 is 0 Å². The molecule has 68 valence electrons. The normalized spacial score (nSPS) is 10.9. The summed E-state index contributed by atoms with van der Waals surface area (Å²) in [7, 11) is 0. The summed E-state index contributed by atoms with van der Waals surface area (Å²) in [5, 5.41) is 8.80. The highest BCUT2D eigenvalue weighted by Crippen LogP contribution is 2.09. The smallest absolute Gasteiger partial charge is 0.115 e. The van der Waals surface area contributed by atoms with Crippen molar-refractivity contribution in [3.63, 3.8) is 0 Å². The van der Waals surface area contributed by atoms with E-state index in [0.29, 0.717) is 6.42 Å². The molecule has 0 unspecified atom stereocenters. The molecule has 0 spiro atoms. The molecule has 0 bridgehead atoms. The average molecular weight is 176 g/mol. The van der Waals surface area contributed by atoms with Crippen molar-refractivity contribution in [2.24, 2.45) is 0 Å². The molecule has 2 aromatic rings. The number of aryl methyl sites for hydroxylation is 1. The van der Waals surface area contributed by atoms with Crippen LogP contribution in [0.4, 0.5) is 0 Å². The lowest BCUT2D eigenvalue weighted by atomic mass is 10.3. The molecule has 0 amide bonds. The Kier molecular flexibility index (Phi) is 2.02. The number of imidazole rings is 1. The number of rotatable bonds is 2. The highest BCUT2D eigenvalue weighted by molar-refractivity contribution is 5.48. The van der Waals surface area contributed by atoms with Crippen LogP contribution < -0.4 is 0 Å². The zero-order valence-electron chi connectivity index (χ0n) is 7.57. The van der Waals surface area contributed by atoms with Crippen molar-refractivity contribution in [3.05, 3.63) is 35.9 Å². The third-order valence-corrected chi connectivity index (χ3v) is 2.10. The van der Waals surface area contributed by atoms with Gasteiger partial charge in [-0.25, -0.2) is 4.98 Å². The first-order valence-electron chi connectivity index (χ1n) is 4.35. The van der Waals surface area contributed by atoms with Gasteiger partial charge in [0.15, 0.2) is 0 Å². The van der Waals surface area contributed by atoms with Crippen molar-refractivity contribution in [2.45, 2.75) is 13.3 Å². The minimum Gasteiger partial charge on any atom is -0.396 e. The van der Waals surface area contributed by atoms with Gasteiger partial charge in [0.25, 0.3) is 0 Å². The van der Waals surface area contributed by atoms with Gasteiger partial charge in [-0.1, -0.05) is 0 Å². The number of aliphatic hydroxyl groups excluding tert-OH is 1. The summed E-state index contributed by atoms with van der Waals surface area (Å²) < 4.78 is 2.00. The van der Waals surface area contributed by atoms with Crippen LogP contribution in [-0.2, 0) is 6.42 Å². The predicted octanol–water partition coefficient (Wildman–Crippen LogP) is 1.18. The minimum absolute atomic E-state index is 0.146. The largest absolute Gasteiger partial charge is 0.396 e. The fourth-order valence-corrected chi connectivity index (χ4v) is 1.45. The Morgan fingerprint density at radius 1 is 1.54 bits per heavy atom. The summed E-state index contributed by atoms with van der Waals surface area (Å²) >= 11 is 0. The predicted molar refractivity (Wildman–Crippen MR) is 50.7 cm³/mol. The van der Waals surface area contributed by atoms with E-state index >= 15 is 0 Å². The molecular weight excluding hydrogens is 164 g/mol.